The second-order valence-electron chi connectivity index (χ2n) is 4.19. The van der Waals surface area contributed by atoms with Gasteiger partial charge in [0.05, 0.1) is 6.10 Å². The molecule has 0 aromatic heterocycles. The first-order chi connectivity index (χ1) is 7.18. The highest BCUT2D eigenvalue weighted by atomic mass is 16.3. The molecule has 0 heterocycles. The van der Waals surface area contributed by atoms with E-state index in [2.05, 4.69) is 24.3 Å². The highest BCUT2D eigenvalue weighted by Crippen LogP contribution is 2.08. The Morgan fingerprint density at radius 2 is 1.93 bits per heavy atom. The van der Waals surface area contributed by atoms with Crippen LogP contribution in [0.25, 0.3) is 0 Å². The molecule has 1 aromatic carbocycles. The molecule has 1 unspecified atom stereocenters. The van der Waals surface area contributed by atoms with Gasteiger partial charge in [-0.05, 0) is 38.7 Å². The Morgan fingerprint density at radius 1 is 1.27 bits per heavy atom. The largest absolute Gasteiger partial charge is 0.389 e. The maximum Gasteiger partial charge on any atom is 0.0723 e. The fourth-order valence-electron chi connectivity index (χ4n) is 1.63. The number of allylic oxidation sites excluding steroid dienone is 1. The van der Waals surface area contributed by atoms with Gasteiger partial charge in [-0.1, -0.05) is 42.0 Å². The lowest BCUT2D eigenvalue weighted by molar-refractivity contribution is 0.209. The minimum atomic E-state index is -0.279. The Labute approximate surface area is 92.5 Å². The van der Waals surface area contributed by atoms with E-state index in [9.17, 15) is 5.11 Å². The summed E-state index contributed by atoms with van der Waals surface area (Å²) in [4.78, 5) is 0. The summed E-state index contributed by atoms with van der Waals surface area (Å²) in [7, 11) is 0. The minimum absolute atomic E-state index is 0.279. The molecular formula is C14H20O. The molecule has 0 saturated carbocycles. The fraction of sp³-hybridized carbons (Fsp3) is 0.429. The van der Waals surface area contributed by atoms with Crippen LogP contribution in [0.3, 0.4) is 0 Å². The number of hydrogen-bond acceptors (Lipinski definition) is 1. The van der Waals surface area contributed by atoms with Gasteiger partial charge >= 0.3 is 0 Å². The van der Waals surface area contributed by atoms with Crippen molar-refractivity contribution >= 4 is 0 Å². The normalized spacial score (nSPS) is 12.2. The number of rotatable bonds is 5. The Balaban J connectivity index is 2.25. The molecule has 82 valence electrons. The summed E-state index contributed by atoms with van der Waals surface area (Å²) >= 11 is 0. The zero-order valence-electron chi connectivity index (χ0n) is 9.61. The summed E-state index contributed by atoms with van der Waals surface area (Å²) in [5, 5.41) is 9.62. The van der Waals surface area contributed by atoms with Crippen molar-refractivity contribution in [3.05, 3.63) is 47.5 Å². The predicted molar refractivity (Wildman–Crippen MR) is 64.8 cm³/mol. The van der Waals surface area contributed by atoms with Crippen LogP contribution in [-0.4, -0.2) is 11.2 Å². The lowest BCUT2D eigenvalue weighted by Crippen LogP contribution is -2.03. The Kier molecular flexibility index (Phi) is 5.13. The molecule has 1 heteroatoms. The van der Waals surface area contributed by atoms with Gasteiger partial charge in [-0.25, -0.2) is 0 Å². The van der Waals surface area contributed by atoms with Crippen molar-refractivity contribution in [1.82, 2.24) is 0 Å². The molecule has 1 atom stereocenters. The zero-order valence-corrected chi connectivity index (χ0v) is 9.61. The monoisotopic (exact) mass is 204 g/mol. The fourth-order valence-corrected chi connectivity index (χ4v) is 1.63. The van der Waals surface area contributed by atoms with E-state index in [0.717, 1.165) is 19.3 Å². The van der Waals surface area contributed by atoms with Gasteiger partial charge in [-0.3, -0.25) is 0 Å². The van der Waals surface area contributed by atoms with Crippen molar-refractivity contribution < 1.29 is 5.11 Å². The average Bonchev–Trinajstić information content (AvgIpc) is 2.18. The van der Waals surface area contributed by atoms with Crippen LogP contribution >= 0.6 is 0 Å². The first kappa shape index (κ1) is 12.0. The van der Waals surface area contributed by atoms with Gasteiger partial charge in [0.2, 0.25) is 0 Å². The number of benzene rings is 1. The zero-order chi connectivity index (χ0) is 11.1. The number of hydrogen-bond donors (Lipinski definition) is 1. The lowest BCUT2D eigenvalue weighted by atomic mass is 10.1. The maximum atomic E-state index is 9.62. The van der Waals surface area contributed by atoms with Crippen LogP contribution in [0, 0.1) is 0 Å². The first-order valence-corrected chi connectivity index (χ1v) is 5.55. The molecule has 1 N–H and O–H groups in total. The first-order valence-electron chi connectivity index (χ1n) is 5.55. The van der Waals surface area contributed by atoms with Crippen LogP contribution in [0.2, 0.25) is 0 Å². The molecule has 0 spiro atoms. The van der Waals surface area contributed by atoms with Crippen molar-refractivity contribution in [3.63, 3.8) is 0 Å². The van der Waals surface area contributed by atoms with Crippen molar-refractivity contribution in [2.24, 2.45) is 0 Å². The highest BCUT2D eigenvalue weighted by molar-refractivity contribution is 5.14. The molecule has 0 bridgehead atoms. The summed E-state index contributed by atoms with van der Waals surface area (Å²) in [6.45, 7) is 4.03. The van der Waals surface area contributed by atoms with Crippen LogP contribution in [0.4, 0.5) is 0 Å². The summed E-state index contributed by atoms with van der Waals surface area (Å²) in [5.41, 5.74) is 2.53. The van der Waals surface area contributed by atoms with Crippen LogP contribution in [-0.2, 0) is 6.42 Å². The van der Waals surface area contributed by atoms with E-state index >= 15 is 0 Å². The summed E-state index contributed by atoms with van der Waals surface area (Å²) in [5.74, 6) is 0. The Hall–Kier alpha value is -1.08. The standard InChI is InChI=1S/C14H20O/c1-12(2)11-14(15)10-6-9-13-7-4-3-5-8-13/h3-5,7-8,11,14-15H,6,9-10H2,1-2H3. The second kappa shape index (κ2) is 6.41. The van der Waals surface area contributed by atoms with Crippen LogP contribution < -0.4 is 0 Å². The van der Waals surface area contributed by atoms with Gasteiger partial charge in [-0.15, -0.1) is 0 Å². The van der Waals surface area contributed by atoms with E-state index in [-0.39, 0.29) is 6.10 Å². The number of aliphatic hydroxyl groups is 1. The Morgan fingerprint density at radius 3 is 2.53 bits per heavy atom. The number of aliphatic hydroxyl groups excluding tert-OH is 1. The van der Waals surface area contributed by atoms with Gasteiger partial charge in [-0.2, -0.15) is 0 Å². The van der Waals surface area contributed by atoms with E-state index < -0.39 is 0 Å². The van der Waals surface area contributed by atoms with Gasteiger partial charge in [0.15, 0.2) is 0 Å². The molecule has 1 nitrogen and oxygen atoms in total. The van der Waals surface area contributed by atoms with E-state index in [0.29, 0.717) is 0 Å². The number of aryl methyl sites for hydroxylation is 1. The molecule has 0 aliphatic rings. The van der Waals surface area contributed by atoms with Gasteiger partial charge < -0.3 is 5.11 Å². The van der Waals surface area contributed by atoms with E-state index in [1.165, 1.54) is 11.1 Å². The molecule has 0 aliphatic carbocycles. The van der Waals surface area contributed by atoms with E-state index in [4.69, 9.17) is 0 Å². The minimum Gasteiger partial charge on any atom is -0.389 e. The van der Waals surface area contributed by atoms with E-state index in [1.807, 2.05) is 26.0 Å². The predicted octanol–water partition coefficient (Wildman–Crippen LogP) is 3.34. The van der Waals surface area contributed by atoms with Crippen molar-refractivity contribution in [3.8, 4) is 0 Å². The van der Waals surface area contributed by atoms with Crippen molar-refractivity contribution in [1.29, 1.82) is 0 Å². The average molecular weight is 204 g/mol. The quantitative estimate of drug-likeness (QED) is 0.729. The van der Waals surface area contributed by atoms with Crippen molar-refractivity contribution in [2.75, 3.05) is 0 Å². The van der Waals surface area contributed by atoms with Crippen LogP contribution in [0.1, 0.15) is 32.3 Å². The van der Waals surface area contributed by atoms with Crippen LogP contribution in [0.15, 0.2) is 42.0 Å². The van der Waals surface area contributed by atoms with Gasteiger partial charge in [0.1, 0.15) is 0 Å². The molecule has 15 heavy (non-hydrogen) atoms. The SMILES string of the molecule is CC(C)=CC(O)CCCc1ccccc1. The molecule has 0 fully saturated rings. The third kappa shape index (κ3) is 5.38. The molecule has 1 aromatic rings. The topological polar surface area (TPSA) is 20.2 Å². The summed E-state index contributed by atoms with van der Waals surface area (Å²) in [6.07, 6.45) is 4.58. The van der Waals surface area contributed by atoms with Crippen LogP contribution in [0.5, 0.6) is 0 Å². The maximum absolute atomic E-state index is 9.62. The molecule has 1 rings (SSSR count). The molecule has 0 radical (unpaired) electrons. The smallest absolute Gasteiger partial charge is 0.0723 e. The molecule has 0 amide bonds. The molecular weight excluding hydrogens is 184 g/mol. The molecule has 0 saturated heterocycles. The summed E-state index contributed by atoms with van der Waals surface area (Å²) < 4.78 is 0. The third-order valence-electron chi connectivity index (χ3n) is 2.33. The second-order valence-corrected chi connectivity index (χ2v) is 4.19. The molecule has 0 aliphatic heterocycles. The third-order valence-corrected chi connectivity index (χ3v) is 2.33. The highest BCUT2D eigenvalue weighted by Gasteiger charge is 1.99. The van der Waals surface area contributed by atoms with E-state index in [1.54, 1.807) is 0 Å². The van der Waals surface area contributed by atoms with Crippen molar-refractivity contribution in [2.45, 2.75) is 39.2 Å². The lowest BCUT2D eigenvalue weighted by Gasteiger charge is -2.06. The summed E-state index contributed by atoms with van der Waals surface area (Å²) in [6, 6.07) is 10.4. The van der Waals surface area contributed by atoms with Gasteiger partial charge in [0.25, 0.3) is 0 Å². The van der Waals surface area contributed by atoms with Gasteiger partial charge in [0, 0.05) is 0 Å². The Bertz CT molecular complexity index is 296.